The van der Waals surface area contributed by atoms with Gasteiger partial charge in [-0.05, 0) is 11.6 Å². The third-order valence-electron chi connectivity index (χ3n) is 1.50. The molecule has 1 heterocycles. The Morgan fingerprint density at radius 3 is 2.69 bits per heavy atom. The van der Waals surface area contributed by atoms with Crippen LogP contribution in [0.15, 0.2) is 11.1 Å². The fourth-order valence-electron chi connectivity index (χ4n) is 0.846. The maximum absolute atomic E-state index is 12.4. The number of alkyl halides is 3. The van der Waals surface area contributed by atoms with E-state index in [1.807, 2.05) is 0 Å². The first kappa shape index (κ1) is 13.5. The van der Waals surface area contributed by atoms with Gasteiger partial charge in [0.05, 0.1) is 6.61 Å². The van der Waals surface area contributed by atoms with E-state index in [-0.39, 0.29) is 5.03 Å². The van der Waals surface area contributed by atoms with Gasteiger partial charge in [-0.2, -0.15) is 13.2 Å². The Bertz CT molecular complexity index is 362. The molecule has 90 valence electrons. The summed E-state index contributed by atoms with van der Waals surface area (Å²) in [6.07, 6.45) is -4.51. The van der Waals surface area contributed by atoms with Gasteiger partial charge in [-0.1, -0.05) is 0 Å². The molecule has 0 unspecified atom stereocenters. The minimum atomic E-state index is -4.51. The molecular formula is C8H8ClF3N2OS. The molecule has 0 fully saturated rings. The van der Waals surface area contributed by atoms with E-state index in [2.05, 4.69) is 9.97 Å². The number of hydrogen-bond donors (Lipinski definition) is 0. The summed E-state index contributed by atoms with van der Waals surface area (Å²) in [5, 5.41) is -0.223. The number of rotatable bonds is 4. The summed E-state index contributed by atoms with van der Waals surface area (Å²) in [7, 11) is 1.51. The molecule has 0 aliphatic rings. The lowest BCUT2D eigenvalue weighted by Gasteiger charge is -2.07. The zero-order chi connectivity index (χ0) is 12.2. The van der Waals surface area contributed by atoms with E-state index < -0.39 is 17.2 Å². The lowest BCUT2D eigenvalue weighted by molar-refractivity contribution is -0.141. The summed E-state index contributed by atoms with van der Waals surface area (Å²) in [6.45, 7) is 0.424. The van der Waals surface area contributed by atoms with Crippen LogP contribution in [0.25, 0.3) is 0 Å². The molecule has 0 spiro atoms. The molecule has 0 atom stereocenters. The fraction of sp³-hybridized carbons (Fsp3) is 0.500. The topological polar surface area (TPSA) is 35.0 Å². The van der Waals surface area contributed by atoms with Crippen LogP contribution < -0.4 is 0 Å². The van der Waals surface area contributed by atoms with Gasteiger partial charge >= 0.3 is 6.18 Å². The molecule has 0 bridgehead atoms. The standard InChI is InChI=1S/C8H8ClF3N2OS/c1-15-2-3-16-6-4-5(8(10,11)12)13-7(9)14-6/h4H,2-3H2,1H3. The predicted molar refractivity (Wildman–Crippen MR) is 54.6 cm³/mol. The van der Waals surface area contributed by atoms with E-state index >= 15 is 0 Å². The molecule has 0 aliphatic heterocycles. The van der Waals surface area contributed by atoms with E-state index in [9.17, 15) is 13.2 Å². The zero-order valence-corrected chi connectivity index (χ0v) is 9.79. The van der Waals surface area contributed by atoms with Crippen molar-refractivity contribution in [3.63, 3.8) is 0 Å². The molecule has 0 saturated carbocycles. The Balaban J connectivity index is 2.82. The second-order valence-corrected chi connectivity index (χ2v) is 4.15. The van der Waals surface area contributed by atoms with Crippen LogP contribution in [0, 0.1) is 0 Å². The van der Waals surface area contributed by atoms with Crippen LogP contribution >= 0.6 is 23.4 Å². The van der Waals surface area contributed by atoms with Crippen LogP contribution in [0.5, 0.6) is 0 Å². The summed E-state index contributed by atoms with van der Waals surface area (Å²) in [5.41, 5.74) is -1.03. The number of hydrogen-bond acceptors (Lipinski definition) is 4. The van der Waals surface area contributed by atoms with E-state index in [0.29, 0.717) is 12.4 Å². The molecule has 0 radical (unpaired) electrons. The lowest BCUT2D eigenvalue weighted by atomic mass is 10.4. The number of methoxy groups -OCH3 is 1. The third kappa shape index (κ3) is 4.15. The van der Waals surface area contributed by atoms with Crippen molar-refractivity contribution in [2.45, 2.75) is 11.2 Å². The quantitative estimate of drug-likeness (QED) is 0.365. The molecule has 0 amide bonds. The highest BCUT2D eigenvalue weighted by molar-refractivity contribution is 7.99. The summed E-state index contributed by atoms with van der Waals surface area (Å²) in [6, 6.07) is 0.867. The molecule has 8 heteroatoms. The summed E-state index contributed by atoms with van der Waals surface area (Å²) in [5.74, 6) is 0.501. The Labute approximate surface area is 99.4 Å². The van der Waals surface area contributed by atoms with Crippen molar-refractivity contribution in [1.29, 1.82) is 0 Å². The third-order valence-corrected chi connectivity index (χ3v) is 2.55. The zero-order valence-electron chi connectivity index (χ0n) is 8.21. The van der Waals surface area contributed by atoms with E-state index in [1.165, 1.54) is 7.11 Å². The highest BCUT2D eigenvalue weighted by Gasteiger charge is 2.33. The summed E-state index contributed by atoms with van der Waals surface area (Å²) >= 11 is 6.53. The monoisotopic (exact) mass is 272 g/mol. The van der Waals surface area contributed by atoms with Gasteiger partial charge < -0.3 is 4.74 Å². The normalized spacial score (nSPS) is 11.8. The predicted octanol–water partition coefficient (Wildman–Crippen LogP) is 2.89. The van der Waals surface area contributed by atoms with Gasteiger partial charge in [0.1, 0.15) is 5.03 Å². The Morgan fingerprint density at radius 2 is 2.12 bits per heavy atom. The number of ether oxygens (including phenoxy) is 1. The van der Waals surface area contributed by atoms with Gasteiger partial charge in [-0.3, -0.25) is 0 Å². The van der Waals surface area contributed by atoms with Crippen molar-refractivity contribution in [2.24, 2.45) is 0 Å². The lowest BCUT2D eigenvalue weighted by Crippen LogP contribution is -2.09. The molecule has 1 aromatic heterocycles. The van der Waals surface area contributed by atoms with E-state index in [4.69, 9.17) is 16.3 Å². The first-order valence-corrected chi connectivity index (χ1v) is 5.53. The maximum atomic E-state index is 12.4. The van der Waals surface area contributed by atoms with Gasteiger partial charge in [-0.15, -0.1) is 11.8 Å². The highest BCUT2D eigenvalue weighted by Crippen LogP contribution is 2.30. The molecule has 1 aromatic rings. The van der Waals surface area contributed by atoms with E-state index in [0.717, 1.165) is 17.8 Å². The minimum absolute atomic E-state index is 0.185. The van der Waals surface area contributed by atoms with Crippen molar-refractivity contribution in [3.05, 3.63) is 17.0 Å². The number of halogens is 4. The van der Waals surface area contributed by atoms with Crippen molar-refractivity contribution >= 4 is 23.4 Å². The van der Waals surface area contributed by atoms with Crippen LogP contribution in [-0.2, 0) is 10.9 Å². The van der Waals surface area contributed by atoms with Crippen LogP contribution in [0.3, 0.4) is 0 Å². The molecule has 0 N–H and O–H groups in total. The summed E-state index contributed by atoms with van der Waals surface area (Å²) < 4.78 is 41.8. The number of nitrogens with zero attached hydrogens (tertiary/aromatic N) is 2. The highest BCUT2D eigenvalue weighted by atomic mass is 35.5. The average Bonchev–Trinajstić information content (AvgIpc) is 2.16. The van der Waals surface area contributed by atoms with Crippen LogP contribution in [0.4, 0.5) is 13.2 Å². The molecule has 1 rings (SSSR count). The maximum Gasteiger partial charge on any atom is 0.433 e. The second kappa shape index (κ2) is 5.70. The number of aromatic nitrogens is 2. The SMILES string of the molecule is COCCSc1cc(C(F)(F)F)nc(Cl)n1. The van der Waals surface area contributed by atoms with Crippen LogP contribution in [-0.4, -0.2) is 29.4 Å². The molecule has 16 heavy (non-hydrogen) atoms. The Hall–Kier alpha value is -0.530. The second-order valence-electron chi connectivity index (χ2n) is 2.70. The van der Waals surface area contributed by atoms with Crippen molar-refractivity contribution < 1.29 is 17.9 Å². The largest absolute Gasteiger partial charge is 0.433 e. The fourth-order valence-corrected chi connectivity index (χ4v) is 1.88. The molecule has 3 nitrogen and oxygen atoms in total. The van der Waals surface area contributed by atoms with E-state index in [1.54, 1.807) is 0 Å². The van der Waals surface area contributed by atoms with Gasteiger partial charge in [0, 0.05) is 18.9 Å². The molecular weight excluding hydrogens is 265 g/mol. The molecule has 0 saturated heterocycles. The Kier molecular flexibility index (Phi) is 4.82. The van der Waals surface area contributed by atoms with Gasteiger partial charge in [0.25, 0.3) is 0 Å². The first-order valence-electron chi connectivity index (χ1n) is 4.17. The minimum Gasteiger partial charge on any atom is -0.384 e. The van der Waals surface area contributed by atoms with Crippen molar-refractivity contribution in [1.82, 2.24) is 9.97 Å². The van der Waals surface area contributed by atoms with Gasteiger partial charge in [0.15, 0.2) is 5.69 Å². The molecule has 0 aliphatic carbocycles. The van der Waals surface area contributed by atoms with Crippen molar-refractivity contribution in [3.8, 4) is 0 Å². The Morgan fingerprint density at radius 1 is 1.44 bits per heavy atom. The summed E-state index contributed by atoms with van der Waals surface area (Å²) in [4.78, 5) is 6.80. The smallest absolute Gasteiger partial charge is 0.384 e. The number of thioether (sulfide) groups is 1. The van der Waals surface area contributed by atoms with Crippen molar-refractivity contribution in [2.75, 3.05) is 19.5 Å². The van der Waals surface area contributed by atoms with Crippen LogP contribution in [0.1, 0.15) is 5.69 Å². The van der Waals surface area contributed by atoms with Gasteiger partial charge in [0.2, 0.25) is 5.28 Å². The van der Waals surface area contributed by atoms with Gasteiger partial charge in [-0.25, -0.2) is 9.97 Å². The van der Waals surface area contributed by atoms with Crippen LogP contribution in [0.2, 0.25) is 5.28 Å². The molecule has 0 aromatic carbocycles. The average molecular weight is 273 g/mol. The first-order chi connectivity index (χ1) is 7.43.